The third kappa shape index (κ3) is 7.91. The van der Waals surface area contributed by atoms with Crippen molar-refractivity contribution in [3.05, 3.63) is 86.3 Å². The summed E-state index contributed by atoms with van der Waals surface area (Å²) in [7, 11) is 1.56. The van der Waals surface area contributed by atoms with Crippen molar-refractivity contribution in [2.24, 2.45) is 10.7 Å². The lowest BCUT2D eigenvalue weighted by atomic mass is 9.99. The van der Waals surface area contributed by atoms with E-state index in [1.807, 2.05) is 35.8 Å². The van der Waals surface area contributed by atoms with Gasteiger partial charge >= 0.3 is 0 Å². The van der Waals surface area contributed by atoms with Crippen molar-refractivity contribution in [2.75, 3.05) is 25.5 Å². The molecule has 2 amide bonds. The molecule has 12 heteroatoms. The molecule has 0 radical (unpaired) electrons. The predicted molar refractivity (Wildman–Crippen MR) is 187 cm³/mol. The Balaban J connectivity index is 1.17. The van der Waals surface area contributed by atoms with Gasteiger partial charge in [0.15, 0.2) is 5.82 Å². The molecule has 2 aromatic carbocycles. The van der Waals surface area contributed by atoms with Crippen molar-refractivity contribution in [1.82, 2.24) is 20.1 Å². The van der Waals surface area contributed by atoms with Gasteiger partial charge in [-0.15, -0.1) is 21.5 Å². The van der Waals surface area contributed by atoms with Crippen LogP contribution < -0.4 is 21.1 Å². The van der Waals surface area contributed by atoms with Gasteiger partial charge in [-0.25, -0.2) is 0 Å². The number of ether oxygens (including phenoxy) is 1. The standard InChI is InChI=1S/C35H38ClN7O3S/c1-21-22(2)47-35-32(21)33(25-11-14-26(36)15-12-25)40-28(34-42-41-23(3)43(34)35)20-31(45)38-18-7-5-6-10-30(44)39-27-16-13-24(9-8-17-37)29(19-27)46-4/h11-16,19,28H,5-7,10,17-18,20,37H2,1-4H3,(H,38,45)(H,39,44)/t28-/m0/s1. The molecular formula is C35H38ClN7O3S. The first kappa shape index (κ1) is 33.9. The molecule has 4 aromatic rings. The first-order valence-corrected chi connectivity index (χ1v) is 16.7. The van der Waals surface area contributed by atoms with E-state index >= 15 is 0 Å². The Morgan fingerprint density at radius 1 is 1.06 bits per heavy atom. The number of hydrogen-bond donors (Lipinski definition) is 3. The van der Waals surface area contributed by atoms with Crippen LogP contribution in [-0.2, 0) is 9.59 Å². The lowest BCUT2D eigenvalue weighted by Crippen LogP contribution is -2.26. The van der Waals surface area contributed by atoms with Crippen LogP contribution in [0, 0.1) is 32.6 Å². The maximum Gasteiger partial charge on any atom is 0.224 e. The number of carbonyl (C=O) groups excluding carboxylic acids is 2. The Labute approximate surface area is 283 Å². The first-order valence-electron chi connectivity index (χ1n) is 15.5. The highest BCUT2D eigenvalue weighted by atomic mass is 35.5. The zero-order chi connectivity index (χ0) is 33.5. The van der Waals surface area contributed by atoms with Gasteiger partial charge in [-0.05, 0) is 63.4 Å². The Morgan fingerprint density at radius 2 is 1.85 bits per heavy atom. The molecule has 0 bridgehead atoms. The normalized spacial score (nSPS) is 13.4. The van der Waals surface area contributed by atoms with Crippen LogP contribution in [-0.4, -0.2) is 52.5 Å². The number of carbonyl (C=O) groups is 2. The van der Waals surface area contributed by atoms with Crippen molar-refractivity contribution in [2.45, 2.75) is 58.9 Å². The van der Waals surface area contributed by atoms with Crippen LogP contribution in [0.15, 0.2) is 47.5 Å². The summed E-state index contributed by atoms with van der Waals surface area (Å²) in [6.07, 6.45) is 2.73. The second-order valence-electron chi connectivity index (χ2n) is 11.2. The monoisotopic (exact) mass is 671 g/mol. The maximum absolute atomic E-state index is 13.2. The Kier molecular flexibility index (Phi) is 11.1. The molecule has 3 heterocycles. The molecular weight excluding hydrogens is 634 g/mol. The average Bonchev–Trinajstić information content (AvgIpc) is 3.54. The zero-order valence-corrected chi connectivity index (χ0v) is 28.5. The molecule has 2 aromatic heterocycles. The fraction of sp³-hybridized carbons (Fsp3) is 0.343. The number of fused-ring (bicyclic) bond motifs is 3. The number of unbranched alkanes of at least 4 members (excludes halogenated alkanes) is 2. The molecule has 47 heavy (non-hydrogen) atoms. The van der Waals surface area contributed by atoms with E-state index in [4.69, 9.17) is 27.1 Å². The summed E-state index contributed by atoms with van der Waals surface area (Å²) in [6, 6.07) is 12.4. The van der Waals surface area contributed by atoms with Crippen LogP contribution >= 0.6 is 22.9 Å². The van der Waals surface area contributed by atoms with Crippen LogP contribution in [0.4, 0.5) is 5.69 Å². The molecule has 0 saturated heterocycles. The molecule has 0 unspecified atom stereocenters. The smallest absolute Gasteiger partial charge is 0.224 e. The van der Waals surface area contributed by atoms with Crippen LogP contribution in [0.1, 0.15) is 76.9 Å². The fourth-order valence-electron chi connectivity index (χ4n) is 5.44. The number of nitrogens with zero attached hydrogens (tertiary/aromatic N) is 4. The molecule has 244 valence electrons. The molecule has 5 rings (SSSR count). The SMILES string of the molecule is COc1cc(NC(=O)CCCCCNC(=O)C[C@@H]2N=C(c3ccc(Cl)cc3)c3c(sc(C)c3C)-n3c(C)nnc32)ccc1C#CCN. The lowest BCUT2D eigenvalue weighted by Gasteiger charge is -2.13. The molecule has 0 fully saturated rings. The molecule has 0 aliphatic carbocycles. The highest BCUT2D eigenvalue weighted by Gasteiger charge is 2.32. The van der Waals surface area contributed by atoms with Crippen molar-refractivity contribution < 1.29 is 14.3 Å². The quantitative estimate of drug-likeness (QED) is 0.136. The number of aliphatic imine (C=N–C) groups is 1. The Hall–Kier alpha value is -4.50. The van der Waals surface area contributed by atoms with Gasteiger partial charge in [-0.1, -0.05) is 42.0 Å². The van der Waals surface area contributed by atoms with Gasteiger partial charge < -0.3 is 21.1 Å². The van der Waals surface area contributed by atoms with E-state index in [1.54, 1.807) is 36.6 Å². The molecule has 1 aliphatic heterocycles. The van der Waals surface area contributed by atoms with Gasteiger partial charge in [-0.3, -0.25) is 19.1 Å². The molecule has 4 N–H and O–H groups in total. The predicted octanol–water partition coefficient (Wildman–Crippen LogP) is 5.82. The van der Waals surface area contributed by atoms with Gasteiger partial charge in [0.1, 0.15) is 22.6 Å². The van der Waals surface area contributed by atoms with Crippen molar-refractivity contribution in [3.63, 3.8) is 0 Å². The summed E-state index contributed by atoms with van der Waals surface area (Å²) < 4.78 is 7.42. The van der Waals surface area contributed by atoms with Gasteiger partial charge in [-0.2, -0.15) is 0 Å². The number of halogens is 1. The number of nitrogens with two attached hydrogens (primary N) is 1. The van der Waals surface area contributed by atoms with E-state index in [9.17, 15) is 9.59 Å². The third-order valence-corrected chi connectivity index (χ3v) is 9.39. The number of amides is 2. The van der Waals surface area contributed by atoms with E-state index in [1.165, 1.54) is 4.88 Å². The second kappa shape index (κ2) is 15.4. The van der Waals surface area contributed by atoms with E-state index in [2.05, 4.69) is 46.5 Å². The maximum atomic E-state index is 13.2. The summed E-state index contributed by atoms with van der Waals surface area (Å²) >= 11 is 7.88. The topological polar surface area (TPSA) is 137 Å². The van der Waals surface area contributed by atoms with E-state index < -0.39 is 6.04 Å². The van der Waals surface area contributed by atoms with Crippen molar-refractivity contribution in [3.8, 4) is 22.6 Å². The number of aryl methyl sites for hydroxylation is 2. The summed E-state index contributed by atoms with van der Waals surface area (Å²) in [5.41, 5.74) is 10.7. The number of benzene rings is 2. The lowest BCUT2D eigenvalue weighted by molar-refractivity contribution is -0.121. The van der Waals surface area contributed by atoms with E-state index in [0.717, 1.165) is 46.1 Å². The van der Waals surface area contributed by atoms with Crippen LogP contribution in [0.2, 0.25) is 5.02 Å². The minimum atomic E-state index is -0.523. The summed E-state index contributed by atoms with van der Waals surface area (Å²) in [4.78, 5) is 32.1. The average molecular weight is 672 g/mol. The first-order chi connectivity index (χ1) is 22.7. The highest BCUT2D eigenvalue weighted by molar-refractivity contribution is 7.15. The number of rotatable bonds is 11. The molecule has 1 atom stereocenters. The fourth-order valence-corrected chi connectivity index (χ4v) is 6.78. The number of methoxy groups -OCH3 is 1. The van der Waals surface area contributed by atoms with Gasteiger partial charge in [0.25, 0.3) is 0 Å². The highest BCUT2D eigenvalue weighted by Crippen LogP contribution is 2.39. The zero-order valence-electron chi connectivity index (χ0n) is 26.9. The van der Waals surface area contributed by atoms with Crippen molar-refractivity contribution in [1.29, 1.82) is 0 Å². The molecule has 10 nitrogen and oxygen atoms in total. The Morgan fingerprint density at radius 3 is 2.60 bits per heavy atom. The Bertz CT molecular complexity index is 1870. The number of thiophene rings is 1. The van der Waals surface area contributed by atoms with Crippen molar-refractivity contribution >= 4 is 46.2 Å². The molecule has 0 saturated carbocycles. The summed E-state index contributed by atoms with van der Waals surface area (Å²) in [6.45, 7) is 6.87. The van der Waals surface area contributed by atoms with Gasteiger partial charge in [0, 0.05) is 45.7 Å². The van der Waals surface area contributed by atoms with E-state index in [-0.39, 0.29) is 24.8 Å². The van der Waals surface area contributed by atoms with Gasteiger partial charge in [0.2, 0.25) is 11.8 Å². The molecule has 0 spiro atoms. The summed E-state index contributed by atoms with van der Waals surface area (Å²) in [5.74, 6) is 7.52. The minimum Gasteiger partial charge on any atom is -0.495 e. The van der Waals surface area contributed by atoms with Crippen LogP contribution in [0.5, 0.6) is 5.75 Å². The number of anilines is 1. The summed E-state index contributed by atoms with van der Waals surface area (Å²) in [5, 5.41) is 16.4. The number of aromatic nitrogens is 3. The number of hydrogen-bond acceptors (Lipinski definition) is 8. The second-order valence-corrected chi connectivity index (χ2v) is 12.9. The third-order valence-electron chi connectivity index (χ3n) is 7.95. The molecule has 1 aliphatic rings. The van der Waals surface area contributed by atoms with Crippen LogP contribution in [0.25, 0.3) is 5.00 Å². The number of nitrogens with one attached hydrogen (secondary N) is 2. The largest absolute Gasteiger partial charge is 0.495 e. The van der Waals surface area contributed by atoms with Crippen LogP contribution in [0.3, 0.4) is 0 Å². The minimum absolute atomic E-state index is 0.0852. The van der Waals surface area contributed by atoms with Gasteiger partial charge in [0.05, 0.1) is 31.4 Å². The van der Waals surface area contributed by atoms with E-state index in [0.29, 0.717) is 47.2 Å².